The molecule has 6 heteroatoms. The minimum atomic E-state index is -0.460. The Labute approximate surface area is 134 Å². The Morgan fingerprint density at radius 2 is 2.15 bits per heavy atom. The van der Waals surface area contributed by atoms with Crippen LogP contribution in [0.4, 0.5) is 0 Å². The fraction of sp³-hybridized carbons (Fsp3) is 0.429. The molecule has 1 heterocycles. The summed E-state index contributed by atoms with van der Waals surface area (Å²) in [5, 5.41) is 0. The second kappa shape index (κ2) is 6.72. The first kappa shape index (κ1) is 15.5. The van der Waals surface area contributed by atoms with Gasteiger partial charge in [-0.1, -0.05) is 15.9 Å². The van der Waals surface area contributed by atoms with Crippen LogP contribution in [0.5, 0.6) is 0 Å². The summed E-state index contributed by atoms with van der Waals surface area (Å²) in [6.45, 7) is 2.69. The molecule has 1 aromatic carbocycles. The number of likely N-dealkylation sites (tertiary alicyclic amines) is 1. The molecule has 4 nitrogen and oxygen atoms in total. The van der Waals surface area contributed by atoms with Gasteiger partial charge in [0.05, 0.1) is 12.2 Å². The lowest BCUT2D eigenvalue weighted by molar-refractivity contribution is -0.147. The van der Waals surface area contributed by atoms with Gasteiger partial charge in [0.15, 0.2) is 0 Å². The van der Waals surface area contributed by atoms with E-state index >= 15 is 0 Å². The zero-order valence-corrected chi connectivity index (χ0v) is 14.2. The van der Waals surface area contributed by atoms with E-state index in [1.807, 2.05) is 12.1 Å². The molecule has 0 saturated carbocycles. The van der Waals surface area contributed by atoms with Crippen LogP contribution < -0.4 is 0 Å². The molecule has 1 aliphatic heterocycles. The van der Waals surface area contributed by atoms with Crippen LogP contribution in [0.25, 0.3) is 0 Å². The molecule has 0 aliphatic carbocycles. The molecule has 0 aromatic heterocycles. The molecule has 20 heavy (non-hydrogen) atoms. The summed E-state index contributed by atoms with van der Waals surface area (Å²) < 4.78 is 6.65. The number of hydrogen-bond donors (Lipinski definition) is 0. The number of esters is 1. The van der Waals surface area contributed by atoms with E-state index in [4.69, 9.17) is 4.74 Å². The van der Waals surface area contributed by atoms with Gasteiger partial charge in [0.25, 0.3) is 5.91 Å². The molecule has 1 aromatic rings. The summed E-state index contributed by atoms with van der Waals surface area (Å²) >= 11 is 6.74. The van der Waals surface area contributed by atoms with E-state index in [0.717, 1.165) is 10.9 Å². The van der Waals surface area contributed by atoms with Crippen LogP contribution in [-0.4, -0.2) is 36.0 Å². The molecule has 0 N–H and O–H groups in total. The lowest BCUT2D eigenvalue weighted by Crippen LogP contribution is -2.41. The van der Waals surface area contributed by atoms with Crippen molar-refractivity contribution in [2.75, 3.05) is 13.2 Å². The van der Waals surface area contributed by atoms with E-state index in [0.29, 0.717) is 29.6 Å². The van der Waals surface area contributed by atoms with Crippen molar-refractivity contribution < 1.29 is 14.3 Å². The summed E-state index contributed by atoms with van der Waals surface area (Å²) in [7, 11) is 0. The van der Waals surface area contributed by atoms with Gasteiger partial charge in [0.1, 0.15) is 6.04 Å². The Kier molecular flexibility index (Phi) is 5.21. The summed E-state index contributed by atoms with van der Waals surface area (Å²) in [5.41, 5.74) is 0.560. The van der Waals surface area contributed by atoms with Crippen molar-refractivity contribution in [3.63, 3.8) is 0 Å². The number of amides is 1. The predicted molar refractivity (Wildman–Crippen MR) is 82.5 cm³/mol. The molecular formula is C14H15Br2NO3. The zero-order chi connectivity index (χ0) is 14.7. The van der Waals surface area contributed by atoms with E-state index in [-0.39, 0.29) is 11.9 Å². The van der Waals surface area contributed by atoms with Gasteiger partial charge in [-0.2, -0.15) is 0 Å². The Hall–Kier alpha value is -0.880. The molecule has 1 amide bonds. The summed E-state index contributed by atoms with van der Waals surface area (Å²) in [5.74, 6) is -0.452. The van der Waals surface area contributed by atoms with Gasteiger partial charge in [-0.15, -0.1) is 0 Å². The normalized spacial score (nSPS) is 18.1. The maximum absolute atomic E-state index is 12.6. The molecule has 108 valence electrons. The monoisotopic (exact) mass is 403 g/mol. The number of rotatable bonds is 3. The highest BCUT2D eigenvalue weighted by atomic mass is 79.9. The lowest BCUT2D eigenvalue weighted by Gasteiger charge is -2.23. The molecule has 1 aliphatic rings. The highest BCUT2D eigenvalue weighted by molar-refractivity contribution is 9.11. The van der Waals surface area contributed by atoms with Crippen LogP contribution in [0.2, 0.25) is 0 Å². The van der Waals surface area contributed by atoms with E-state index in [1.165, 1.54) is 0 Å². The van der Waals surface area contributed by atoms with Crippen molar-refractivity contribution in [2.45, 2.75) is 25.8 Å². The fourth-order valence-corrected chi connectivity index (χ4v) is 3.53. The van der Waals surface area contributed by atoms with Crippen LogP contribution in [0, 0.1) is 0 Å². The van der Waals surface area contributed by atoms with Gasteiger partial charge in [-0.3, -0.25) is 4.79 Å². The summed E-state index contributed by atoms with van der Waals surface area (Å²) in [4.78, 5) is 26.1. The number of carbonyl (C=O) groups excluding carboxylic acids is 2. The van der Waals surface area contributed by atoms with Crippen LogP contribution >= 0.6 is 31.9 Å². The third-order valence-corrected chi connectivity index (χ3v) is 4.38. The second-order valence-corrected chi connectivity index (χ2v) is 6.30. The van der Waals surface area contributed by atoms with E-state index in [1.54, 1.807) is 17.9 Å². The predicted octanol–water partition coefficient (Wildman–Crippen LogP) is 3.38. The van der Waals surface area contributed by atoms with Crippen molar-refractivity contribution in [1.82, 2.24) is 4.90 Å². The van der Waals surface area contributed by atoms with Gasteiger partial charge < -0.3 is 9.64 Å². The number of hydrogen-bond acceptors (Lipinski definition) is 3. The van der Waals surface area contributed by atoms with Crippen LogP contribution in [0.1, 0.15) is 30.1 Å². The van der Waals surface area contributed by atoms with Crippen LogP contribution in [0.15, 0.2) is 27.1 Å². The summed E-state index contributed by atoms with van der Waals surface area (Å²) in [6.07, 6.45) is 1.49. The molecule has 0 spiro atoms. The van der Waals surface area contributed by atoms with Crippen LogP contribution in [0.3, 0.4) is 0 Å². The number of carbonyl (C=O) groups is 2. The molecule has 1 fully saturated rings. The SMILES string of the molecule is CCOC(=O)C1CCCN1C(=O)c1ccc(Br)cc1Br. The van der Waals surface area contributed by atoms with Crippen molar-refractivity contribution in [2.24, 2.45) is 0 Å². The first-order chi connectivity index (χ1) is 9.54. The fourth-order valence-electron chi connectivity index (χ4n) is 2.31. The Morgan fingerprint density at radius 3 is 2.80 bits per heavy atom. The van der Waals surface area contributed by atoms with E-state index < -0.39 is 6.04 Å². The van der Waals surface area contributed by atoms with Crippen molar-refractivity contribution in [3.05, 3.63) is 32.7 Å². The maximum atomic E-state index is 12.6. The van der Waals surface area contributed by atoms with Crippen molar-refractivity contribution in [1.29, 1.82) is 0 Å². The first-order valence-corrected chi connectivity index (χ1v) is 8.06. The Morgan fingerprint density at radius 1 is 1.40 bits per heavy atom. The van der Waals surface area contributed by atoms with Crippen molar-refractivity contribution in [3.8, 4) is 0 Å². The topological polar surface area (TPSA) is 46.6 Å². The molecule has 0 bridgehead atoms. The largest absolute Gasteiger partial charge is 0.464 e. The molecule has 2 rings (SSSR count). The summed E-state index contributed by atoms with van der Waals surface area (Å²) in [6, 6.07) is 4.92. The molecule has 1 saturated heterocycles. The van der Waals surface area contributed by atoms with Crippen LogP contribution in [-0.2, 0) is 9.53 Å². The Bertz CT molecular complexity index is 533. The molecule has 0 radical (unpaired) electrons. The number of halogens is 2. The smallest absolute Gasteiger partial charge is 0.328 e. The Balaban J connectivity index is 2.21. The average Bonchev–Trinajstić information content (AvgIpc) is 2.87. The third kappa shape index (κ3) is 3.23. The lowest BCUT2D eigenvalue weighted by atomic mass is 10.1. The minimum absolute atomic E-state index is 0.139. The number of nitrogens with zero attached hydrogens (tertiary/aromatic N) is 1. The van der Waals surface area contributed by atoms with Gasteiger partial charge >= 0.3 is 5.97 Å². The quantitative estimate of drug-likeness (QED) is 0.725. The van der Waals surface area contributed by atoms with Gasteiger partial charge in [0, 0.05) is 15.5 Å². The molecule has 1 unspecified atom stereocenters. The van der Waals surface area contributed by atoms with E-state index in [9.17, 15) is 9.59 Å². The number of benzene rings is 1. The number of ether oxygens (including phenoxy) is 1. The third-order valence-electron chi connectivity index (χ3n) is 3.23. The standard InChI is InChI=1S/C14H15Br2NO3/c1-2-20-14(19)12-4-3-7-17(12)13(18)10-6-5-9(15)8-11(10)16/h5-6,8,12H,2-4,7H2,1H3. The van der Waals surface area contributed by atoms with E-state index in [2.05, 4.69) is 31.9 Å². The minimum Gasteiger partial charge on any atom is -0.464 e. The zero-order valence-electron chi connectivity index (χ0n) is 11.1. The first-order valence-electron chi connectivity index (χ1n) is 6.47. The maximum Gasteiger partial charge on any atom is 0.328 e. The van der Waals surface area contributed by atoms with Gasteiger partial charge in [-0.05, 0) is 53.9 Å². The highest BCUT2D eigenvalue weighted by Crippen LogP contribution is 2.27. The van der Waals surface area contributed by atoms with Gasteiger partial charge in [-0.25, -0.2) is 4.79 Å². The highest BCUT2D eigenvalue weighted by Gasteiger charge is 2.36. The average molecular weight is 405 g/mol. The molecule has 1 atom stereocenters. The molecular weight excluding hydrogens is 390 g/mol. The van der Waals surface area contributed by atoms with Crippen molar-refractivity contribution >= 4 is 43.7 Å². The second-order valence-electron chi connectivity index (χ2n) is 4.53. The van der Waals surface area contributed by atoms with Gasteiger partial charge in [0.2, 0.25) is 0 Å².